The van der Waals surface area contributed by atoms with Crippen LogP contribution in [0, 0.1) is 22.2 Å². The third kappa shape index (κ3) is 0.271. The van der Waals surface area contributed by atoms with Crippen LogP contribution in [0.3, 0.4) is 0 Å². The van der Waals surface area contributed by atoms with E-state index in [0.717, 1.165) is 16.7 Å². The van der Waals surface area contributed by atoms with Crippen molar-refractivity contribution >= 4 is 0 Å². The zero-order chi connectivity index (χ0) is 7.78. The molecule has 0 radical (unpaired) electrons. The van der Waals surface area contributed by atoms with Gasteiger partial charge >= 0.3 is 0 Å². The Labute approximate surface area is 64.0 Å². The lowest BCUT2D eigenvalue weighted by atomic mass is 9.79. The average molecular weight is 138 g/mol. The van der Waals surface area contributed by atoms with Gasteiger partial charge in [-0.25, -0.2) is 0 Å². The SMILES string of the molecule is CCC1(C)C2(C)C(C)C12C. The van der Waals surface area contributed by atoms with Gasteiger partial charge in [0.2, 0.25) is 0 Å². The highest BCUT2D eigenvalue weighted by atomic mass is 15.0. The van der Waals surface area contributed by atoms with Crippen molar-refractivity contribution in [3.05, 3.63) is 0 Å². The zero-order valence-electron chi connectivity index (χ0n) is 7.78. The highest BCUT2D eigenvalue weighted by molar-refractivity contribution is 5.42. The van der Waals surface area contributed by atoms with Gasteiger partial charge in [0, 0.05) is 0 Å². The van der Waals surface area contributed by atoms with Gasteiger partial charge in [-0.2, -0.15) is 0 Å². The monoisotopic (exact) mass is 138 g/mol. The standard InChI is InChI=1S/C10H18/c1-6-8(3)9(4)7(2)10(8,9)5/h7H,6H2,1-5H3. The Balaban J connectivity index is 2.28. The maximum Gasteiger partial charge on any atom is -0.0173 e. The first-order chi connectivity index (χ1) is 4.47. The summed E-state index contributed by atoms with van der Waals surface area (Å²) in [5.74, 6) is 0.991. The minimum Gasteiger partial charge on any atom is -0.0648 e. The third-order valence-electron chi connectivity index (χ3n) is 5.66. The predicted octanol–water partition coefficient (Wildman–Crippen LogP) is 3.08. The van der Waals surface area contributed by atoms with Crippen molar-refractivity contribution < 1.29 is 0 Å². The number of rotatable bonds is 1. The van der Waals surface area contributed by atoms with Gasteiger partial charge < -0.3 is 0 Å². The second kappa shape index (κ2) is 1.19. The van der Waals surface area contributed by atoms with Gasteiger partial charge in [0.25, 0.3) is 0 Å². The molecule has 2 fully saturated rings. The summed E-state index contributed by atoms with van der Waals surface area (Å²) in [6, 6.07) is 0. The molecule has 0 heteroatoms. The lowest BCUT2D eigenvalue weighted by Gasteiger charge is -2.26. The first-order valence-electron chi connectivity index (χ1n) is 4.47. The Kier molecular flexibility index (Phi) is 0.797. The summed E-state index contributed by atoms with van der Waals surface area (Å²) in [6.07, 6.45) is 1.37. The van der Waals surface area contributed by atoms with Crippen molar-refractivity contribution in [3.8, 4) is 0 Å². The Morgan fingerprint density at radius 3 is 1.60 bits per heavy atom. The maximum absolute atomic E-state index is 2.46. The van der Waals surface area contributed by atoms with Gasteiger partial charge in [-0.15, -0.1) is 0 Å². The Bertz CT molecular complexity index is 162. The molecule has 2 atom stereocenters. The summed E-state index contributed by atoms with van der Waals surface area (Å²) >= 11 is 0. The summed E-state index contributed by atoms with van der Waals surface area (Å²) < 4.78 is 0. The molecule has 0 aromatic heterocycles. The first kappa shape index (κ1) is 6.69. The van der Waals surface area contributed by atoms with Crippen LogP contribution in [0.5, 0.6) is 0 Å². The fourth-order valence-corrected chi connectivity index (χ4v) is 3.96. The molecule has 2 saturated carbocycles. The molecule has 0 aliphatic heterocycles. The lowest BCUT2D eigenvalue weighted by Crippen LogP contribution is -2.19. The molecule has 0 amide bonds. The molecule has 0 heterocycles. The van der Waals surface area contributed by atoms with Crippen molar-refractivity contribution in [2.45, 2.75) is 41.0 Å². The smallest absolute Gasteiger partial charge is 0.0173 e. The van der Waals surface area contributed by atoms with E-state index in [0.29, 0.717) is 5.41 Å². The predicted molar refractivity (Wildman–Crippen MR) is 43.8 cm³/mol. The van der Waals surface area contributed by atoms with Crippen LogP contribution < -0.4 is 0 Å². The molecule has 0 nitrogen and oxygen atoms in total. The van der Waals surface area contributed by atoms with Crippen molar-refractivity contribution in [1.29, 1.82) is 0 Å². The van der Waals surface area contributed by atoms with Gasteiger partial charge in [-0.05, 0) is 28.6 Å². The summed E-state index contributed by atoms with van der Waals surface area (Å²) in [6.45, 7) is 12.1. The van der Waals surface area contributed by atoms with E-state index < -0.39 is 0 Å². The van der Waals surface area contributed by atoms with Crippen molar-refractivity contribution in [1.82, 2.24) is 0 Å². The van der Waals surface area contributed by atoms with Crippen LogP contribution >= 0.6 is 0 Å². The molecule has 0 bridgehead atoms. The van der Waals surface area contributed by atoms with E-state index >= 15 is 0 Å². The second-order valence-corrected chi connectivity index (χ2v) is 4.81. The van der Waals surface area contributed by atoms with E-state index in [1.807, 2.05) is 0 Å². The van der Waals surface area contributed by atoms with Crippen LogP contribution in [0.25, 0.3) is 0 Å². The molecule has 2 rings (SSSR count). The molecule has 0 saturated heterocycles. The number of hydrogen-bond donors (Lipinski definition) is 0. The summed E-state index contributed by atoms with van der Waals surface area (Å²) in [5, 5.41) is 0. The molecule has 2 aliphatic carbocycles. The number of fused-ring (bicyclic) bond motifs is 1. The fraction of sp³-hybridized carbons (Fsp3) is 1.00. The molecule has 0 aromatic rings. The van der Waals surface area contributed by atoms with Crippen LogP contribution in [-0.4, -0.2) is 0 Å². The average Bonchev–Trinajstić information content (AvgIpc) is 2.54. The first-order valence-corrected chi connectivity index (χ1v) is 4.47. The van der Waals surface area contributed by atoms with Gasteiger partial charge in [-0.3, -0.25) is 0 Å². The molecular formula is C10H18. The summed E-state index contributed by atoms with van der Waals surface area (Å²) in [5.41, 5.74) is 2.13. The molecule has 0 N–H and O–H groups in total. The Morgan fingerprint density at radius 2 is 1.50 bits per heavy atom. The largest absolute Gasteiger partial charge is 0.0648 e. The van der Waals surface area contributed by atoms with E-state index in [9.17, 15) is 0 Å². The van der Waals surface area contributed by atoms with E-state index in [1.165, 1.54) is 6.42 Å². The van der Waals surface area contributed by atoms with Gasteiger partial charge in [0.1, 0.15) is 0 Å². The van der Waals surface area contributed by atoms with Crippen LogP contribution in [0.4, 0.5) is 0 Å². The Morgan fingerprint density at radius 1 is 1.10 bits per heavy atom. The van der Waals surface area contributed by atoms with Gasteiger partial charge in [0.15, 0.2) is 0 Å². The van der Waals surface area contributed by atoms with Crippen LogP contribution in [0.2, 0.25) is 0 Å². The maximum atomic E-state index is 2.46. The van der Waals surface area contributed by atoms with Crippen molar-refractivity contribution in [3.63, 3.8) is 0 Å². The molecule has 58 valence electrons. The summed E-state index contributed by atoms with van der Waals surface area (Å²) in [4.78, 5) is 0. The van der Waals surface area contributed by atoms with E-state index in [1.54, 1.807) is 0 Å². The van der Waals surface area contributed by atoms with Gasteiger partial charge in [-0.1, -0.05) is 34.6 Å². The highest BCUT2D eigenvalue weighted by Crippen LogP contribution is 3.00. The Hall–Kier alpha value is 0. The van der Waals surface area contributed by atoms with Crippen LogP contribution in [0.15, 0.2) is 0 Å². The van der Waals surface area contributed by atoms with Crippen LogP contribution in [0.1, 0.15) is 41.0 Å². The topological polar surface area (TPSA) is 0 Å². The minimum absolute atomic E-state index is 0.694. The number of hydrogen-bond acceptors (Lipinski definition) is 0. The van der Waals surface area contributed by atoms with Crippen molar-refractivity contribution in [2.75, 3.05) is 0 Å². The minimum atomic E-state index is 0.694. The fourth-order valence-electron chi connectivity index (χ4n) is 3.96. The summed E-state index contributed by atoms with van der Waals surface area (Å²) in [7, 11) is 0. The quantitative estimate of drug-likeness (QED) is 0.522. The molecular weight excluding hydrogens is 120 g/mol. The van der Waals surface area contributed by atoms with Gasteiger partial charge in [0.05, 0.1) is 0 Å². The molecule has 2 aliphatic rings. The molecule has 10 heavy (non-hydrogen) atoms. The lowest BCUT2D eigenvalue weighted by molar-refractivity contribution is 0.228. The third-order valence-corrected chi connectivity index (χ3v) is 5.66. The van der Waals surface area contributed by atoms with E-state index in [4.69, 9.17) is 0 Å². The highest BCUT2D eigenvalue weighted by Gasteiger charge is 2.96. The van der Waals surface area contributed by atoms with E-state index in [-0.39, 0.29) is 0 Å². The normalized spacial score (nSPS) is 71.1. The van der Waals surface area contributed by atoms with Crippen molar-refractivity contribution in [2.24, 2.45) is 22.2 Å². The molecule has 0 spiro atoms. The molecule has 0 aromatic carbocycles. The second-order valence-electron chi connectivity index (χ2n) is 4.81. The van der Waals surface area contributed by atoms with Crippen LogP contribution in [-0.2, 0) is 0 Å². The zero-order valence-corrected chi connectivity index (χ0v) is 7.78. The van der Waals surface area contributed by atoms with E-state index in [2.05, 4.69) is 34.6 Å². The molecule has 2 unspecified atom stereocenters.